The number of anilines is 2. The van der Waals surface area contributed by atoms with Gasteiger partial charge in [0.25, 0.3) is 5.91 Å². The number of nitrogens with zero attached hydrogens (tertiary/aromatic N) is 1. The average molecular weight is 358 g/mol. The molecular weight excluding hydrogens is 338 g/mol. The molecule has 138 valence electrons. The largest absolute Gasteiger partial charge is 0.433 e. The van der Waals surface area contributed by atoms with E-state index in [2.05, 4.69) is 15.4 Å². The van der Waals surface area contributed by atoms with Crippen LogP contribution in [0.4, 0.5) is 20.2 Å². The van der Waals surface area contributed by atoms with Crippen molar-refractivity contribution in [2.75, 3.05) is 43.6 Å². The summed E-state index contributed by atoms with van der Waals surface area (Å²) in [7, 11) is 1.56. The summed E-state index contributed by atoms with van der Waals surface area (Å²) in [5.74, 6) is -1.02. The molecule has 10 heteroatoms. The number of rotatable bonds is 7. The molecule has 2 amide bonds. The number of halogens is 2. The first-order valence-corrected chi connectivity index (χ1v) is 7.61. The molecule has 1 aromatic rings. The molecule has 0 radical (unpaired) electrons. The fraction of sp³-hybridized carbons (Fsp3) is 0.467. The molecule has 1 heterocycles. The van der Waals surface area contributed by atoms with Crippen LogP contribution in [0.1, 0.15) is 0 Å². The van der Waals surface area contributed by atoms with Crippen molar-refractivity contribution >= 4 is 23.2 Å². The van der Waals surface area contributed by atoms with E-state index >= 15 is 0 Å². The highest BCUT2D eigenvalue weighted by Gasteiger charge is 2.23. The smallest absolute Gasteiger partial charge is 0.387 e. The van der Waals surface area contributed by atoms with Crippen molar-refractivity contribution in [2.45, 2.75) is 12.7 Å². The maximum absolute atomic E-state index is 12.7. The van der Waals surface area contributed by atoms with Gasteiger partial charge in [0.05, 0.1) is 18.3 Å². The second-order valence-corrected chi connectivity index (χ2v) is 5.22. The fourth-order valence-electron chi connectivity index (χ4n) is 2.34. The van der Waals surface area contributed by atoms with Gasteiger partial charge in [-0.15, -0.1) is 0 Å². The monoisotopic (exact) mass is 358 g/mol. The number of amides is 2. The first kappa shape index (κ1) is 19.0. The third-order valence-electron chi connectivity index (χ3n) is 3.64. The summed E-state index contributed by atoms with van der Waals surface area (Å²) in [5, 5.41) is 5.20. The molecular formula is C15H20F2N4O4. The minimum atomic E-state index is -3.08. The Kier molecular flexibility index (Phi) is 6.62. The summed E-state index contributed by atoms with van der Waals surface area (Å²) in [6.45, 7) is -2.48. The van der Waals surface area contributed by atoms with Crippen LogP contribution in [0.3, 0.4) is 0 Å². The van der Waals surface area contributed by atoms with E-state index in [1.165, 1.54) is 23.1 Å². The lowest BCUT2D eigenvalue weighted by atomic mass is 10.2. The van der Waals surface area contributed by atoms with Crippen molar-refractivity contribution in [3.05, 3.63) is 18.2 Å². The van der Waals surface area contributed by atoms with Gasteiger partial charge in [0.1, 0.15) is 6.61 Å². The highest BCUT2D eigenvalue weighted by molar-refractivity contribution is 5.98. The molecule has 25 heavy (non-hydrogen) atoms. The maximum atomic E-state index is 12.7. The molecule has 8 nitrogen and oxygen atoms in total. The van der Waals surface area contributed by atoms with E-state index < -0.39 is 18.6 Å². The average Bonchev–Trinajstić information content (AvgIpc) is 2.57. The molecule has 0 bridgehead atoms. The number of benzene rings is 1. The van der Waals surface area contributed by atoms with Gasteiger partial charge in [-0.2, -0.15) is 8.78 Å². The van der Waals surface area contributed by atoms with Crippen molar-refractivity contribution < 1.29 is 27.8 Å². The van der Waals surface area contributed by atoms with E-state index in [-0.39, 0.29) is 30.5 Å². The summed E-state index contributed by atoms with van der Waals surface area (Å²) in [5.41, 5.74) is 5.90. The van der Waals surface area contributed by atoms with Crippen molar-refractivity contribution in [3.8, 4) is 5.75 Å². The lowest BCUT2D eigenvalue weighted by Gasteiger charge is -2.27. The van der Waals surface area contributed by atoms with Gasteiger partial charge in [0.2, 0.25) is 5.91 Å². The van der Waals surface area contributed by atoms with Crippen LogP contribution in [0, 0.1) is 0 Å². The van der Waals surface area contributed by atoms with Crippen LogP contribution < -0.4 is 26.0 Å². The number of morpholine rings is 1. The van der Waals surface area contributed by atoms with Gasteiger partial charge < -0.3 is 30.7 Å². The molecule has 1 fully saturated rings. The van der Waals surface area contributed by atoms with Crippen molar-refractivity contribution in [1.29, 1.82) is 0 Å². The number of nitrogens with one attached hydrogen (secondary N) is 2. The molecule has 1 atom stereocenters. The summed E-state index contributed by atoms with van der Waals surface area (Å²) in [6.07, 6.45) is 0. The molecule has 0 spiro atoms. The standard InChI is InChI=1S/C15H20F2N4O4/c1-19-11(7-18)14(23)20-10-3-2-9(6-12(10)25-15(16)17)21-4-5-24-8-13(21)22/h2-3,6,11,15,19H,4-5,7-8,18H2,1H3,(H,20,23)/t11-/m0/s1. The Bertz CT molecular complexity index is 626. The van der Waals surface area contributed by atoms with Gasteiger partial charge >= 0.3 is 6.61 Å². The molecule has 1 saturated heterocycles. The van der Waals surface area contributed by atoms with Gasteiger partial charge in [-0.1, -0.05) is 0 Å². The van der Waals surface area contributed by atoms with Gasteiger partial charge in [0, 0.05) is 24.8 Å². The Labute approximate surface area is 143 Å². The van der Waals surface area contributed by atoms with E-state index in [4.69, 9.17) is 10.5 Å². The Hall–Kier alpha value is -2.30. The molecule has 0 unspecified atom stereocenters. The lowest BCUT2D eigenvalue weighted by molar-refractivity contribution is -0.125. The first-order chi connectivity index (χ1) is 12.0. The number of likely N-dealkylation sites (N-methyl/N-ethyl adjacent to an activating group) is 1. The van der Waals surface area contributed by atoms with Crippen LogP contribution in [0.25, 0.3) is 0 Å². The molecule has 1 aromatic carbocycles. The molecule has 0 aliphatic carbocycles. The number of hydrogen-bond acceptors (Lipinski definition) is 6. The molecule has 0 saturated carbocycles. The van der Waals surface area contributed by atoms with E-state index in [9.17, 15) is 18.4 Å². The number of carbonyl (C=O) groups is 2. The number of alkyl halides is 2. The Morgan fingerprint density at radius 3 is 2.84 bits per heavy atom. The third kappa shape index (κ3) is 4.84. The first-order valence-electron chi connectivity index (χ1n) is 7.61. The van der Waals surface area contributed by atoms with Crippen LogP contribution in [0.15, 0.2) is 18.2 Å². The SMILES string of the molecule is CN[C@@H](CN)C(=O)Nc1ccc(N2CCOCC2=O)cc1OC(F)F. The summed E-state index contributed by atoms with van der Waals surface area (Å²) < 4.78 is 35.0. The van der Waals surface area contributed by atoms with Crippen LogP contribution in [-0.2, 0) is 14.3 Å². The molecule has 1 aliphatic rings. The zero-order valence-electron chi connectivity index (χ0n) is 13.6. The number of nitrogens with two attached hydrogens (primary N) is 1. The number of hydrogen-bond donors (Lipinski definition) is 3. The Balaban J connectivity index is 2.27. The normalized spacial score (nSPS) is 16.0. The Morgan fingerprint density at radius 2 is 2.24 bits per heavy atom. The highest BCUT2D eigenvalue weighted by atomic mass is 19.3. The van der Waals surface area contributed by atoms with Gasteiger partial charge in [-0.05, 0) is 19.2 Å². The van der Waals surface area contributed by atoms with Crippen molar-refractivity contribution in [3.63, 3.8) is 0 Å². The summed E-state index contributed by atoms with van der Waals surface area (Å²) in [6, 6.07) is 3.53. The quantitative estimate of drug-likeness (QED) is 0.640. The minimum absolute atomic E-state index is 0.0355. The van der Waals surface area contributed by atoms with Crippen LogP contribution in [0.5, 0.6) is 5.75 Å². The Morgan fingerprint density at radius 1 is 1.48 bits per heavy atom. The predicted molar refractivity (Wildman–Crippen MR) is 86.8 cm³/mol. The zero-order valence-corrected chi connectivity index (χ0v) is 13.6. The van der Waals surface area contributed by atoms with Gasteiger partial charge in [-0.25, -0.2) is 0 Å². The zero-order chi connectivity index (χ0) is 18.4. The van der Waals surface area contributed by atoms with Gasteiger partial charge in [-0.3, -0.25) is 9.59 Å². The minimum Gasteiger partial charge on any atom is -0.433 e. The molecule has 1 aliphatic heterocycles. The van der Waals surface area contributed by atoms with E-state index in [1.807, 2.05) is 0 Å². The number of carbonyl (C=O) groups excluding carboxylic acids is 2. The predicted octanol–water partition coefficient (Wildman–Crippen LogP) is 0.136. The molecule has 4 N–H and O–H groups in total. The lowest BCUT2D eigenvalue weighted by Crippen LogP contribution is -2.44. The molecule has 0 aromatic heterocycles. The van der Waals surface area contributed by atoms with Crippen LogP contribution in [-0.4, -0.2) is 57.8 Å². The second kappa shape index (κ2) is 8.70. The van der Waals surface area contributed by atoms with E-state index in [0.717, 1.165) is 0 Å². The van der Waals surface area contributed by atoms with E-state index in [0.29, 0.717) is 18.8 Å². The molecule has 2 rings (SSSR count). The summed E-state index contributed by atoms with van der Waals surface area (Å²) in [4.78, 5) is 25.4. The topological polar surface area (TPSA) is 106 Å². The van der Waals surface area contributed by atoms with Crippen molar-refractivity contribution in [2.24, 2.45) is 5.73 Å². The van der Waals surface area contributed by atoms with Crippen molar-refractivity contribution in [1.82, 2.24) is 5.32 Å². The summed E-state index contributed by atoms with van der Waals surface area (Å²) >= 11 is 0. The maximum Gasteiger partial charge on any atom is 0.387 e. The fourth-order valence-corrected chi connectivity index (χ4v) is 2.34. The highest BCUT2D eigenvalue weighted by Crippen LogP contribution is 2.32. The van der Waals surface area contributed by atoms with Crippen LogP contribution >= 0.6 is 0 Å². The van der Waals surface area contributed by atoms with E-state index in [1.54, 1.807) is 7.05 Å². The number of ether oxygens (including phenoxy) is 2. The van der Waals surface area contributed by atoms with Crippen LogP contribution in [0.2, 0.25) is 0 Å². The van der Waals surface area contributed by atoms with Gasteiger partial charge in [0.15, 0.2) is 5.75 Å². The second-order valence-electron chi connectivity index (χ2n) is 5.22. The third-order valence-corrected chi connectivity index (χ3v) is 3.64.